The number of ether oxygens (including phenoxy) is 4. The van der Waals surface area contributed by atoms with E-state index in [0.717, 1.165) is 0 Å². The molecule has 8 nitrogen and oxygen atoms in total. The van der Waals surface area contributed by atoms with Gasteiger partial charge in [0.2, 0.25) is 5.91 Å². The fourth-order valence-electron chi connectivity index (χ4n) is 3.20. The maximum Gasteiger partial charge on any atom is 0.311 e. The van der Waals surface area contributed by atoms with Crippen LogP contribution in [0.1, 0.15) is 12.0 Å². The smallest absolute Gasteiger partial charge is 0.311 e. The van der Waals surface area contributed by atoms with Crippen molar-refractivity contribution >= 4 is 29.2 Å². The van der Waals surface area contributed by atoms with Crippen molar-refractivity contribution in [2.75, 3.05) is 38.9 Å². The SMILES string of the molecule is COc1cc(OC)c(N2CC(C(=O)OCCOc3ccc(C#N)cc3)CC2=O)cc1Cl. The van der Waals surface area contributed by atoms with E-state index in [9.17, 15) is 9.59 Å². The van der Waals surface area contributed by atoms with E-state index < -0.39 is 11.9 Å². The molecule has 0 aromatic heterocycles. The van der Waals surface area contributed by atoms with Gasteiger partial charge < -0.3 is 23.8 Å². The number of benzene rings is 2. The minimum atomic E-state index is -0.604. The molecule has 0 spiro atoms. The van der Waals surface area contributed by atoms with E-state index in [0.29, 0.717) is 33.5 Å². The summed E-state index contributed by atoms with van der Waals surface area (Å²) in [5, 5.41) is 9.12. The van der Waals surface area contributed by atoms with Gasteiger partial charge in [0, 0.05) is 19.0 Å². The summed E-state index contributed by atoms with van der Waals surface area (Å²) in [6.07, 6.45) is 0.0299. The molecule has 0 saturated carbocycles. The van der Waals surface area contributed by atoms with Crippen molar-refractivity contribution in [3.8, 4) is 23.3 Å². The number of hydrogen-bond acceptors (Lipinski definition) is 7. The number of methoxy groups -OCH3 is 2. The predicted molar refractivity (Wildman–Crippen MR) is 113 cm³/mol. The number of esters is 1. The molecule has 1 fully saturated rings. The normalized spacial score (nSPS) is 15.4. The van der Waals surface area contributed by atoms with Crippen LogP contribution in [0.15, 0.2) is 36.4 Å². The van der Waals surface area contributed by atoms with E-state index in [1.165, 1.54) is 19.1 Å². The predicted octanol–water partition coefficient (Wildman–Crippen LogP) is 3.20. The Hall–Kier alpha value is -3.44. The Morgan fingerprint density at radius 3 is 2.52 bits per heavy atom. The fourth-order valence-corrected chi connectivity index (χ4v) is 3.43. The third-order valence-corrected chi connectivity index (χ3v) is 5.08. The van der Waals surface area contributed by atoms with Crippen LogP contribution in [0.2, 0.25) is 5.02 Å². The monoisotopic (exact) mass is 444 g/mol. The number of amides is 1. The molecular weight excluding hydrogens is 424 g/mol. The molecule has 1 aliphatic heterocycles. The highest BCUT2D eigenvalue weighted by Crippen LogP contribution is 2.40. The fraction of sp³-hybridized carbons (Fsp3) is 0.318. The van der Waals surface area contributed by atoms with Gasteiger partial charge in [-0.3, -0.25) is 9.59 Å². The summed E-state index contributed by atoms with van der Waals surface area (Å²) in [5.41, 5.74) is 1.00. The van der Waals surface area contributed by atoms with Crippen LogP contribution >= 0.6 is 11.6 Å². The Morgan fingerprint density at radius 2 is 1.87 bits per heavy atom. The molecule has 0 bridgehead atoms. The summed E-state index contributed by atoms with van der Waals surface area (Å²) >= 11 is 6.20. The van der Waals surface area contributed by atoms with Crippen LogP contribution in [0.4, 0.5) is 5.69 Å². The zero-order chi connectivity index (χ0) is 22.4. The highest BCUT2D eigenvalue weighted by atomic mass is 35.5. The van der Waals surface area contributed by atoms with Gasteiger partial charge in [0.15, 0.2) is 0 Å². The number of halogens is 1. The standard InChI is InChI=1S/C22H21ClN2O6/c1-28-19-11-20(29-2)18(10-17(19)23)25-13-15(9-21(25)26)22(27)31-8-7-30-16-5-3-14(12-24)4-6-16/h3-6,10-11,15H,7-9,13H2,1-2H3. The molecule has 3 rings (SSSR count). The summed E-state index contributed by atoms with van der Waals surface area (Å²) < 4.78 is 21.3. The molecule has 1 amide bonds. The topological polar surface area (TPSA) is 98.1 Å². The van der Waals surface area contributed by atoms with Gasteiger partial charge in [0.05, 0.1) is 42.5 Å². The molecule has 1 unspecified atom stereocenters. The molecule has 0 aliphatic carbocycles. The number of carbonyl (C=O) groups is 2. The van der Waals surface area contributed by atoms with Gasteiger partial charge in [-0.2, -0.15) is 5.26 Å². The Kier molecular flexibility index (Phi) is 7.21. The van der Waals surface area contributed by atoms with Gasteiger partial charge in [-0.1, -0.05) is 11.6 Å². The van der Waals surface area contributed by atoms with Gasteiger partial charge in [-0.15, -0.1) is 0 Å². The lowest BCUT2D eigenvalue weighted by molar-refractivity contribution is -0.149. The minimum absolute atomic E-state index is 0.0299. The molecule has 1 saturated heterocycles. The van der Waals surface area contributed by atoms with Crippen LogP contribution in [0.3, 0.4) is 0 Å². The van der Waals surface area contributed by atoms with Crippen molar-refractivity contribution in [3.05, 3.63) is 47.0 Å². The van der Waals surface area contributed by atoms with E-state index in [2.05, 4.69) is 0 Å². The van der Waals surface area contributed by atoms with E-state index in [1.54, 1.807) is 36.4 Å². The third-order valence-electron chi connectivity index (χ3n) is 4.78. The lowest BCUT2D eigenvalue weighted by Gasteiger charge is -2.20. The molecule has 2 aromatic carbocycles. The average Bonchev–Trinajstić information content (AvgIpc) is 3.18. The number of rotatable bonds is 8. The van der Waals surface area contributed by atoms with Gasteiger partial charge in [-0.05, 0) is 30.3 Å². The number of nitrogens with zero attached hydrogens (tertiary/aromatic N) is 2. The quantitative estimate of drug-likeness (QED) is 0.455. The largest absolute Gasteiger partial charge is 0.495 e. The summed E-state index contributed by atoms with van der Waals surface area (Å²) in [6, 6.07) is 11.8. The second-order valence-corrected chi connectivity index (χ2v) is 7.12. The summed E-state index contributed by atoms with van der Waals surface area (Å²) in [7, 11) is 2.96. The van der Waals surface area contributed by atoms with E-state index in [1.807, 2.05) is 6.07 Å². The zero-order valence-corrected chi connectivity index (χ0v) is 17.8. The summed E-state index contributed by atoms with van der Waals surface area (Å²) in [4.78, 5) is 26.4. The van der Waals surface area contributed by atoms with Crippen molar-refractivity contribution in [1.29, 1.82) is 5.26 Å². The van der Waals surface area contributed by atoms with Crippen molar-refractivity contribution in [2.45, 2.75) is 6.42 Å². The molecule has 0 radical (unpaired) electrons. The van der Waals surface area contributed by atoms with Gasteiger partial charge in [-0.25, -0.2) is 0 Å². The minimum Gasteiger partial charge on any atom is -0.495 e. The molecule has 31 heavy (non-hydrogen) atoms. The van der Waals surface area contributed by atoms with Crippen LogP contribution in [0.25, 0.3) is 0 Å². The van der Waals surface area contributed by atoms with Crippen LogP contribution in [-0.2, 0) is 14.3 Å². The Bertz CT molecular complexity index is 1000. The average molecular weight is 445 g/mol. The third kappa shape index (κ3) is 5.19. The maximum absolute atomic E-state index is 12.5. The lowest BCUT2D eigenvalue weighted by Crippen LogP contribution is -2.27. The first kappa shape index (κ1) is 22.2. The van der Waals surface area contributed by atoms with E-state index in [-0.39, 0.29) is 32.1 Å². The molecule has 1 heterocycles. The maximum atomic E-state index is 12.5. The van der Waals surface area contributed by atoms with Crippen LogP contribution in [-0.4, -0.2) is 45.9 Å². The molecule has 1 atom stereocenters. The Balaban J connectivity index is 1.55. The van der Waals surface area contributed by atoms with Crippen molar-refractivity contribution < 1.29 is 28.5 Å². The summed E-state index contributed by atoms with van der Waals surface area (Å²) in [5.74, 6) is 0.105. The second-order valence-electron chi connectivity index (χ2n) is 6.72. The molecule has 9 heteroatoms. The Morgan fingerprint density at radius 1 is 1.16 bits per heavy atom. The van der Waals surface area contributed by atoms with Crippen molar-refractivity contribution in [1.82, 2.24) is 0 Å². The zero-order valence-electron chi connectivity index (χ0n) is 17.1. The number of nitriles is 1. The number of carbonyl (C=O) groups excluding carboxylic acids is 2. The van der Waals surface area contributed by atoms with Crippen molar-refractivity contribution in [3.63, 3.8) is 0 Å². The first-order chi connectivity index (χ1) is 15.0. The van der Waals surface area contributed by atoms with Gasteiger partial charge >= 0.3 is 5.97 Å². The van der Waals surface area contributed by atoms with Crippen LogP contribution in [0, 0.1) is 17.2 Å². The molecule has 2 aromatic rings. The van der Waals surface area contributed by atoms with Gasteiger partial charge in [0.25, 0.3) is 0 Å². The molecule has 162 valence electrons. The number of hydrogen-bond donors (Lipinski definition) is 0. The van der Waals surface area contributed by atoms with Crippen LogP contribution in [0.5, 0.6) is 17.2 Å². The second kappa shape index (κ2) is 10.0. The number of anilines is 1. The van der Waals surface area contributed by atoms with Crippen molar-refractivity contribution in [2.24, 2.45) is 5.92 Å². The van der Waals surface area contributed by atoms with E-state index in [4.69, 9.17) is 35.8 Å². The van der Waals surface area contributed by atoms with Crippen LogP contribution < -0.4 is 19.1 Å². The molecule has 0 N–H and O–H groups in total. The Labute approximate surface area is 184 Å². The van der Waals surface area contributed by atoms with E-state index >= 15 is 0 Å². The first-order valence-electron chi connectivity index (χ1n) is 9.48. The molecule has 1 aliphatic rings. The highest BCUT2D eigenvalue weighted by molar-refractivity contribution is 6.32. The summed E-state index contributed by atoms with van der Waals surface area (Å²) in [6.45, 7) is 0.359. The van der Waals surface area contributed by atoms with Gasteiger partial charge in [0.1, 0.15) is 30.5 Å². The highest BCUT2D eigenvalue weighted by Gasteiger charge is 2.37. The lowest BCUT2D eigenvalue weighted by atomic mass is 10.1. The molecular formula is C22H21ClN2O6. The first-order valence-corrected chi connectivity index (χ1v) is 9.86.